The van der Waals surface area contributed by atoms with Crippen molar-refractivity contribution in [3.05, 3.63) is 29.3 Å². The van der Waals surface area contributed by atoms with E-state index >= 15 is 0 Å². The number of piperidine rings is 1. The number of aromatic carboxylic acids is 1. The van der Waals surface area contributed by atoms with E-state index in [1.165, 1.54) is 0 Å². The summed E-state index contributed by atoms with van der Waals surface area (Å²) in [6, 6.07) is 1.66. The lowest BCUT2D eigenvalue weighted by Gasteiger charge is -2.33. The fourth-order valence-corrected chi connectivity index (χ4v) is 2.50. The first-order valence-electron chi connectivity index (χ1n) is 6.72. The Morgan fingerprint density at radius 3 is 2.65 bits per heavy atom. The van der Waals surface area contributed by atoms with Crippen molar-refractivity contribution in [2.24, 2.45) is 0 Å². The minimum absolute atomic E-state index is 0.0246. The van der Waals surface area contributed by atoms with Crippen LogP contribution in [0.3, 0.4) is 0 Å². The van der Waals surface area contributed by atoms with E-state index in [2.05, 4.69) is 10.2 Å². The molecular formula is C14H18F2N2O2. The number of carboxylic acid groups (broad SMARTS) is 1. The normalized spacial score (nSPS) is 19.9. The Labute approximate surface area is 116 Å². The molecule has 4 nitrogen and oxygen atoms in total. The van der Waals surface area contributed by atoms with E-state index in [1.54, 1.807) is 0 Å². The summed E-state index contributed by atoms with van der Waals surface area (Å²) in [6.07, 6.45) is 1.82. The first kappa shape index (κ1) is 14.7. The zero-order chi connectivity index (χ0) is 14.7. The van der Waals surface area contributed by atoms with E-state index in [-0.39, 0.29) is 17.3 Å². The molecule has 0 spiro atoms. The smallest absolute Gasteiger partial charge is 0.335 e. The first-order valence-corrected chi connectivity index (χ1v) is 6.72. The molecule has 0 radical (unpaired) electrons. The number of carbonyl (C=O) groups is 1. The van der Waals surface area contributed by atoms with Gasteiger partial charge in [0.2, 0.25) is 0 Å². The minimum Gasteiger partial charge on any atom is -0.478 e. The van der Waals surface area contributed by atoms with Gasteiger partial charge in [-0.05, 0) is 38.1 Å². The molecule has 1 heterocycles. The zero-order valence-electron chi connectivity index (χ0n) is 11.3. The molecule has 0 bridgehead atoms. The highest BCUT2D eigenvalue weighted by atomic mass is 19.1. The van der Waals surface area contributed by atoms with Gasteiger partial charge in [0, 0.05) is 12.6 Å². The highest BCUT2D eigenvalue weighted by molar-refractivity contribution is 5.88. The van der Waals surface area contributed by atoms with Crippen LogP contribution in [0.5, 0.6) is 0 Å². The topological polar surface area (TPSA) is 52.6 Å². The van der Waals surface area contributed by atoms with Gasteiger partial charge in [0.15, 0.2) is 0 Å². The summed E-state index contributed by atoms with van der Waals surface area (Å²) in [5, 5.41) is 11.6. The molecule has 1 aromatic rings. The minimum atomic E-state index is -1.34. The summed E-state index contributed by atoms with van der Waals surface area (Å²) >= 11 is 0. The van der Waals surface area contributed by atoms with Crippen molar-refractivity contribution >= 4 is 11.7 Å². The number of nitrogens with zero attached hydrogens (tertiary/aromatic N) is 1. The summed E-state index contributed by atoms with van der Waals surface area (Å²) in [5.41, 5.74) is -0.623. The van der Waals surface area contributed by atoms with E-state index in [0.29, 0.717) is 0 Å². The fraction of sp³-hybridized carbons (Fsp3) is 0.500. The van der Waals surface area contributed by atoms with Crippen molar-refractivity contribution in [1.29, 1.82) is 0 Å². The molecule has 1 fully saturated rings. The predicted molar refractivity (Wildman–Crippen MR) is 72.1 cm³/mol. The van der Waals surface area contributed by atoms with Crippen molar-refractivity contribution in [3.8, 4) is 0 Å². The van der Waals surface area contributed by atoms with Gasteiger partial charge in [0.1, 0.15) is 17.3 Å². The number of hydrogen-bond donors (Lipinski definition) is 2. The maximum absolute atomic E-state index is 13.8. The van der Waals surface area contributed by atoms with Crippen molar-refractivity contribution < 1.29 is 18.7 Å². The monoisotopic (exact) mass is 284 g/mol. The Kier molecular flexibility index (Phi) is 4.54. The van der Waals surface area contributed by atoms with Gasteiger partial charge >= 0.3 is 5.97 Å². The van der Waals surface area contributed by atoms with Crippen LogP contribution in [0.2, 0.25) is 0 Å². The number of likely N-dealkylation sites (tertiary alicyclic amines) is 1. The maximum atomic E-state index is 13.8. The standard InChI is InChI=1S/C14H18F2N2O2/c1-2-18-5-3-4-10(8-18)17-13-11(15)6-9(14(19)20)7-12(13)16/h6-7,10,17H,2-5,8H2,1H3,(H,19,20). The molecule has 2 rings (SSSR count). The van der Waals surface area contributed by atoms with Gasteiger partial charge in [0.25, 0.3) is 0 Å². The lowest BCUT2D eigenvalue weighted by atomic mass is 10.0. The van der Waals surface area contributed by atoms with Crippen molar-refractivity contribution in [2.75, 3.05) is 25.0 Å². The Balaban J connectivity index is 2.15. The Bertz CT molecular complexity index is 485. The summed E-state index contributed by atoms with van der Waals surface area (Å²) in [6.45, 7) is 4.68. The molecule has 1 saturated heterocycles. The number of likely N-dealkylation sites (N-methyl/N-ethyl adjacent to an activating group) is 1. The third-order valence-electron chi connectivity index (χ3n) is 3.59. The number of anilines is 1. The third kappa shape index (κ3) is 3.25. The van der Waals surface area contributed by atoms with Gasteiger partial charge in [-0.2, -0.15) is 0 Å². The summed E-state index contributed by atoms with van der Waals surface area (Å²) < 4.78 is 27.7. The molecule has 1 aliphatic heterocycles. The largest absolute Gasteiger partial charge is 0.478 e. The third-order valence-corrected chi connectivity index (χ3v) is 3.59. The van der Waals surface area contributed by atoms with Crippen LogP contribution >= 0.6 is 0 Å². The Morgan fingerprint density at radius 2 is 2.10 bits per heavy atom. The summed E-state index contributed by atoms with van der Waals surface area (Å²) in [4.78, 5) is 12.9. The zero-order valence-corrected chi connectivity index (χ0v) is 11.3. The quantitative estimate of drug-likeness (QED) is 0.892. The van der Waals surface area contributed by atoms with E-state index < -0.39 is 17.6 Å². The first-order chi connectivity index (χ1) is 9.51. The molecule has 1 atom stereocenters. The number of benzene rings is 1. The number of halogens is 2. The molecule has 0 aliphatic carbocycles. The average Bonchev–Trinajstić information content (AvgIpc) is 2.42. The van der Waals surface area contributed by atoms with Gasteiger partial charge in [-0.3, -0.25) is 0 Å². The van der Waals surface area contributed by atoms with Crippen LogP contribution < -0.4 is 5.32 Å². The number of rotatable bonds is 4. The predicted octanol–water partition coefficient (Wildman–Crippen LogP) is 2.56. The van der Waals surface area contributed by atoms with Crippen LogP contribution in [0, 0.1) is 11.6 Å². The number of nitrogens with one attached hydrogen (secondary N) is 1. The molecular weight excluding hydrogens is 266 g/mol. The lowest BCUT2D eigenvalue weighted by Crippen LogP contribution is -2.42. The van der Waals surface area contributed by atoms with E-state index in [9.17, 15) is 13.6 Å². The molecule has 2 N–H and O–H groups in total. The Hall–Kier alpha value is -1.69. The van der Waals surface area contributed by atoms with Crippen LogP contribution in [0.25, 0.3) is 0 Å². The van der Waals surface area contributed by atoms with Gasteiger partial charge < -0.3 is 15.3 Å². The molecule has 0 aromatic heterocycles. The van der Waals surface area contributed by atoms with Crippen LogP contribution in [-0.4, -0.2) is 41.7 Å². The van der Waals surface area contributed by atoms with E-state index in [1.807, 2.05) is 6.92 Å². The number of hydrogen-bond acceptors (Lipinski definition) is 3. The molecule has 20 heavy (non-hydrogen) atoms. The molecule has 1 unspecified atom stereocenters. The molecule has 110 valence electrons. The highest BCUT2D eigenvalue weighted by Gasteiger charge is 2.22. The second-order valence-electron chi connectivity index (χ2n) is 5.00. The molecule has 6 heteroatoms. The molecule has 0 saturated carbocycles. The van der Waals surface area contributed by atoms with Gasteiger partial charge in [-0.15, -0.1) is 0 Å². The Morgan fingerprint density at radius 1 is 1.45 bits per heavy atom. The SMILES string of the molecule is CCN1CCCC(Nc2c(F)cc(C(=O)O)cc2F)C1. The van der Waals surface area contributed by atoms with Gasteiger partial charge in [-0.1, -0.05) is 6.92 Å². The second-order valence-corrected chi connectivity index (χ2v) is 5.00. The number of carboxylic acids is 1. The molecule has 0 amide bonds. The second kappa shape index (κ2) is 6.17. The van der Waals surface area contributed by atoms with Crippen molar-refractivity contribution in [1.82, 2.24) is 4.90 Å². The van der Waals surface area contributed by atoms with E-state index in [0.717, 1.165) is 44.6 Å². The molecule has 1 aromatic carbocycles. The van der Waals surface area contributed by atoms with Crippen LogP contribution in [0.4, 0.5) is 14.5 Å². The lowest BCUT2D eigenvalue weighted by molar-refractivity contribution is 0.0696. The maximum Gasteiger partial charge on any atom is 0.335 e. The van der Waals surface area contributed by atoms with Gasteiger partial charge in [-0.25, -0.2) is 13.6 Å². The van der Waals surface area contributed by atoms with Crippen LogP contribution in [0.1, 0.15) is 30.1 Å². The highest BCUT2D eigenvalue weighted by Crippen LogP contribution is 2.24. The van der Waals surface area contributed by atoms with Crippen LogP contribution in [-0.2, 0) is 0 Å². The van der Waals surface area contributed by atoms with Gasteiger partial charge in [0.05, 0.1) is 5.56 Å². The van der Waals surface area contributed by atoms with Crippen LogP contribution in [0.15, 0.2) is 12.1 Å². The fourth-order valence-electron chi connectivity index (χ4n) is 2.50. The summed E-state index contributed by atoms with van der Waals surface area (Å²) in [5.74, 6) is -3.07. The van der Waals surface area contributed by atoms with Crippen molar-refractivity contribution in [3.63, 3.8) is 0 Å². The van der Waals surface area contributed by atoms with Crippen molar-refractivity contribution in [2.45, 2.75) is 25.8 Å². The average molecular weight is 284 g/mol. The van der Waals surface area contributed by atoms with E-state index in [4.69, 9.17) is 5.11 Å². The summed E-state index contributed by atoms with van der Waals surface area (Å²) in [7, 11) is 0. The molecule has 1 aliphatic rings.